The lowest BCUT2D eigenvalue weighted by Gasteiger charge is -2.36. The molecule has 27 heavy (non-hydrogen) atoms. The summed E-state index contributed by atoms with van der Waals surface area (Å²) in [5.74, 6) is -0.110. The summed E-state index contributed by atoms with van der Waals surface area (Å²) in [5, 5.41) is 7.51. The van der Waals surface area contributed by atoms with Crippen LogP contribution in [0, 0.1) is 5.41 Å². The fourth-order valence-electron chi connectivity index (χ4n) is 4.02. The van der Waals surface area contributed by atoms with E-state index in [2.05, 4.69) is 9.80 Å². The minimum atomic E-state index is -0.231. The van der Waals surface area contributed by atoms with Crippen molar-refractivity contribution in [2.45, 2.75) is 25.0 Å². The molecule has 10 heteroatoms. The van der Waals surface area contributed by atoms with E-state index in [0.29, 0.717) is 26.2 Å². The van der Waals surface area contributed by atoms with Crippen LogP contribution in [0.15, 0.2) is 0 Å². The SMILES string of the molecule is COC(=O)CN1CCN(CC2CN(C3CCN(C(=N)N)CC3)C(=O)O2)CC1. The first-order chi connectivity index (χ1) is 13.0. The molecular formula is C17H30N6O4. The molecule has 10 nitrogen and oxygen atoms in total. The maximum absolute atomic E-state index is 12.3. The van der Waals surface area contributed by atoms with Gasteiger partial charge in [-0.15, -0.1) is 0 Å². The number of amides is 1. The fraction of sp³-hybridized carbons (Fsp3) is 0.824. The van der Waals surface area contributed by atoms with Crippen LogP contribution in [0.4, 0.5) is 4.79 Å². The predicted octanol–water partition coefficient (Wildman–Crippen LogP) is -1.04. The number of piperidine rings is 1. The van der Waals surface area contributed by atoms with Crippen molar-refractivity contribution in [3.05, 3.63) is 0 Å². The van der Waals surface area contributed by atoms with Crippen molar-refractivity contribution in [2.24, 2.45) is 5.73 Å². The van der Waals surface area contributed by atoms with Gasteiger partial charge in [-0.2, -0.15) is 0 Å². The highest BCUT2D eigenvalue weighted by atomic mass is 16.6. The van der Waals surface area contributed by atoms with Gasteiger partial charge in [0.15, 0.2) is 5.96 Å². The first kappa shape index (κ1) is 19.7. The number of carbonyl (C=O) groups excluding carboxylic acids is 2. The van der Waals surface area contributed by atoms with E-state index in [0.717, 1.165) is 45.6 Å². The van der Waals surface area contributed by atoms with Gasteiger partial charge in [-0.1, -0.05) is 0 Å². The molecule has 0 spiro atoms. The number of likely N-dealkylation sites (tertiary alicyclic amines) is 1. The topological polar surface area (TPSA) is 115 Å². The van der Waals surface area contributed by atoms with Crippen LogP contribution in [0.1, 0.15) is 12.8 Å². The largest absolute Gasteiger partial charge is 0.468 e. The molecule has 3 aliphatic rings. The molecule has 0 aromatic rings. The number of methoxy groups -OCH3 is 1. The minimum absolute atomic E-state index is 0.0988. The number of esters is 1. The fourth-order valence-corrected chi connectivity index (χ4v) is 4.02. The lowest BCUT2D eigenvalue weighted by atomic mass is 10.0. The number of ether oxygens (including phenoxy) is 2. The second kappa shape index (κ2) is 8.75. The summed E-state index contributed by atoms with van der Waals surface area (Å²) < 4.78 is 10.3. The van der Waals surface area contributed by atoms with Crippen LogP contribution >= 0.6 is 0 Å². The third-order valence-corrected chi connectivity index (χ3v) is 5.66. The van der Waals surface area contributed by atoms with Gasteiger partial charge >= 0.3 is 12.1 Å². The van der Waals surface area contributed by atoms with E-state index < -0.39 is 0 Å². The van der Waals surface area contributed by atoms with Gasteiger partial charge in [0, 0.05) is 51.9 Å². The summed E-state index contributed by atoms with van der Waals surface area (Å²) in [5.41, 5.74) is 5.53. The van der Waals surface area contributed by atoms with E-state index in [1.54, 1.807) is 0 Å². The van der Waals surface area contributed by atoms with E-state index in [1.807, 2.05) is 9.80 Å². The highest BCUT2D eigenvalue weighted by Gasteiger charge is 2.38. The molecule has 1 unspecified atom stereocenters. The number of nitrogens with zero attached hydrogens (tertiary/aromatic N) is 4. The highest BCUT2D eigenvalue weighted by molar-refractivity contribution is 5.75. The number of piperazine rings is 1. The molecule has 0 radical (unpaired) electrons. The third kappa shape index (κ3) is 5.01. The molecule has 3 rings (SSSR count). The molecule has 152 valence electrons. The van der Waals surface area contributed by atoms with E-state index in [4.69, 9.17) is 20.6 Å². The van der Waals surface area contributed by atoms with Gasteiger partial charge in [-0.3, -0.25) is 20.0 Å². The van der Waals surface area contributed by atoms with E-state index >= 15 is 0 Å². The van der Waals surface area contributed by atoms with Crippen LogP contribution in [-0.4, -0.2) is 116 Å². The molecule has 3 saturated heterocycles. The number of cyclic esters (lactones) is 1. The number of nitrogens with two attached hydrogens (primary N) is 1. The maximum atomic E-state index is 12.3. The van der Waals surface area contributed by atoms with Crippen molar-refractivity contribution >= 4 is 18.0 Å². The van der Waals surface area contributed by atoms with Crippen LogP contribution < -0.4 is 5.73 Å². The highest BCUT2D eigenvalue weighted by Crippen LogP contribution is 2.23. The summed E-state index contributed by atoms with van der Waals surface area (Å²) in [4.78, 5) is 31.7. The summed E-state index contributed by atoms with van der Waals surface area (Å²) in [6.07, 6.45) is 1.28. The Balaban J connectivity index is 1.41. The number of carbonyl (C=O) groups is 2. The molecule has 0 saturated carbocycles. The van der Waals surface area contributed by atoms with Crippen molar-refractivity contribution in [2.75, 3.05) is 66.0 Å². The molecule has 3 N–H and O–H groups in total. The van der Waals surface area contributed by atoms with Gasteiger partial charge < -0.3 is 25.0 Å². The van der Waals surface area contributed by atoms with Gasteiger partial charge in [0.25, 0.3) is 0 Å². The van der Waals surface area contributed by atoms with Gasteiger partial charge in [0.2, 0.25) is 0 Å². The monoisotopic (exact) mass is 382 g/mol. The lowest BCUT2D eigenvalue weighted by molar-refractivity contribution is -0.142. The molecular weight excluding hydrogens is 352 g/mol. The average Bonchev–Trinajstić information content (AvgIpc) is 3.03. The summed E-state index contributed by atoms with van der Waals surface area (Å²) >= 11 is 0. The summed E-state index contributed by atoms with van der Waals surface area (Å²) in [6, 6.07) is 0.162. The zero-order chi connectivity index (χ0) is 19.4. The first-order valence-corrected chi connectivity index (χ1v) is 9.54. The Hall–Kier alpha value is -2.07. The van der Waals surface area contributed by atoms with Crippen molar-refractivity contribution < 1.29 is 19.1 Å². The van der Waals surface area contributed by atoms with Crippen LogP contribution in [0.2, 0.25) is 0 Å². The molecule has 3 heterocycles. The number of nitrogens with one attached hydrogen (secondary N) is 1. The first-order valence-electron chi connectivity index (χ1n) is 9.54. The minimum Gasteiger partial charge on any atom is -0.468 e. The van der Waals surface area contributed by atoms with Gasteiger partial charge in [0.05, 0.1) is 20.2 Å². The van der Waals surface area contributed by atoms with Crippen LogP contribution in [0.5, 0.6) is 0 Å². The van der Waals surface area contributed by atoms with Crippen molar-refractivity contribution in [3.63, 3.8) is 0 Å². The summed E-state index contributed by atoms with van der Waals surface area (Å²) in [7, 11) is 1.41. The Morgan fingerprint density at radius 3 is 2.41 bits per heavy atom. The van der Waals surface area contributed by atoms with Crippen LogP contribution in [-0.2, 0) is 14.3 Å². The number of guanidine groups is 1. The van der Waals surface area contributed by atoms with Gasteiger partial charge in [-0.05, 0) is 12.8 Å². The zero-order valence-electron chi connectivity index (χ0n) is 15.9. The molecule has 0 aromatic carbocycles. The second-order valence-electron chi connectivity index (χ2n) is 7.41. The maximum Gasteiger partial charge on any atom is 0.410 e. The van der Waals surface area contributed by atoms with Gasteiger partial charge in [0.1, 0.15) is 6.10 Å². The normalized spacial score (nSPS) is 25.5. The summed E-state index contributed by atoms with van der Waals surface area (Å²) in [6.45, 7) is 6.39. The standard InChI is InChI=1S/C17H30N6O4/c1-26-15(24)12-21-8-6-20(7-9-21)10-14-11-23(17(25)27-14)13-2-4-22(5-3-13)16(18)19/h13-14H,2-12H2,1H3,(H3,18,19). The van der Waals surface area contributed by atoms with Gasteiger partial charge in [-0.25, -0.2) is 4.79 Å². The number of rotatable bonds is 5. The Bertz CT molecular complexity index is 558. The molecule has 0 aliphatic carbocycles. The molecule has 3 fully saturated rings. The molecule has 0 bridgehead atoms. The zero-order valence-corrected chi connectivity index (χ0v) is 15.9. The van der Waals surface area contributed by atoms with E-state index in [9.17, 15) is 9.59 Å². The predicted molar refractivity (Wildman–Crippen MR) is 98.4 cm³/mol. The van der Waals surface area contributed by atoms with E-state index in [1.165, 1.54) is 7.11 Å². The van der Waals surface area contributed by atoms with Crippen LogP contribution in [0.3, 0.4) is 0 Å². The van der Waals surface area contributed by atoms with Crippen molar-refractivity contribution in [1.29, 1.82) is 5.41 Å². The third-order valence-electron chi connectivity index (χ3n) is 5.66. The Kier molecular flexibility index (Phi) is 6.38. The Morgan fingerprint density at radius 2 is 1.81 bits per heavy atom. The van der Waals surface area contributed by atoms with Crippen molar-refractivity contribution in [3.8, 4) is 0 Å². The van der Waals surface area contributed by atoms with Crippen molar-refractivity contribution in [1.82, 2.24) is 19.6 Å². The molecule has 3 aliphatic heterocycles. The molecule has 1 amide bonds. The lowest BCUT2D eigenvalue weighted by Crippen LogP contribution is -2.51. The van der Waals surface area contributed by atoms with Crippen LogP contribution in [0.25, 0.3) is 0 Å². The quantitative estimate of drug-likeness (QED) is 0.352. The number of hydrogen-bond donors (Lipinski definition) is 2. The molecule has 0 aromatic heterocycles. The Labute approximate surface area is 159 Å². The smallest absolute Gasteiger partial charge is 0.410 e. The second-order valence-corrected chi connectivity index (χ2v) is 7.41. The number of hydrogen-bond acceptors (Lipinski definition) is 7. The molecule has 1 atom stereocenters. The average molecular weight is 382 g/mol. The van der Waals surface area contributed by atoms with E-state index in [-0.39, 0.29) is 30.2 Å². The Morgan fingerprint density at radius 1 is 1.19 bits per heavy atom.